The molecule has 8 nitrogen and oxygen atoms in total. The average molecular weight is 481 g/mol. The summed E-state index contributed by atoms with van der Waals surface area (Å²) in [6.45, 7) is 0.264. The number of benzene rings is 2. The Bertz CT molecular complexity index is 1060. The van der Waals surface area contributed by atoms with Gasteiger partial charge in [-0.05, 0) is 60.4 Å². The van der Waals surface area contributed by atoms with Crippen molar-refractivity contribution >= 4 is 23.8 Å². The zero-order chi connectivity index (χ0) is 25.4. The molecule has 1 amide bonds. The van der Waals surface area contributed by atoms with Crippen LogP contribution >= 0.6 is 0 Å². The van der Waals surface area contributed by atoms with Crippen molar-refractivity contribution in [2.45, 2.75) is 25.3 Å². The van der Waals surface area contributed by atoms with Gasteiger partial charge in [0.05, 0.1) is 28.4 Å². The Kier molecular flexibility index (Phi) is 8.92. The summed E-state index contributed by atoms with van der Waals surface area (Å²) in [5.74, 6) is 2.14. The first-order valence-electron chi connectivity index (χ1n) is 11.3. The molecule has 3 N–H and O–H groups in total. The van der Waals surface area contributed by atoms with Gasteiger partial charge in [0, 0.05) is 30.2 Å². The number of nitrogens with one attached hydrogen (secondary N) is 1. The Morgan fingerprint density at radius 3 is 1.71 bits per heavy atom. The third-order valence-corrected chi connectivity index (χ3v) is 5.75. The summed E-state index contributed by atoms with van der Waals surface area (Å²) in [6, 6.07) is 10.7. The lowest BCUT2D eigenvalue weighted by atomic mass is 9.83. The van der Waals surface area contributed by atoms with Gasteiger partial charge in [-0.25, -0.2) is 0 Å². The van der Waals surface area contributed by atoms with E-state index < -0.39 is 0 Å². The Balaban J connectivity index is 1.99. The van der Waals surface area contributed by atoms with E-state index in [9.17, 15) is 9.59 Å². The maximum absolute atomic E-state index is 13.5. The molecule has 1 aliphatic carbocycles. The molecule has 0 saturated heterocycles. The quantitative estimate of drug-likeness (QED) is 0.530. The molecule has 0 radical (unpaired) electrons. The second-order valence-electron chi connectivity index (χ2n) is 8.11. The monoisotopic (exact) mass is 480 g/mol. The predicted octanol–water partition coefficient (Wildman–Crippen LogP) is 3.38. The predicted molar refractivity (Wildman–Crippen MR) is 135 cm³/mol. The highest BCUT2D eigenvalue weighted by Crippen LogP contribution is 2.33. The highest BCUT2D eigenvalue weighted by molar-refractivity contribution is 6.14. The molecule has 0 heterocycles. The summed E-state index contributed by atoms with van der Waals surface area (Å²) in [7, 11) is 6.27. The van der Waals surface area contributed by atoms with Crippen LogP contribution in [0.1, 0.15) is 30.4 Å². The van der Waals surface area contributed by atoms with Crippen molar-refractivity contribution in [3.63, 3.8) is 0 Å². The summed E-state index contributed by atoms with van der Waals surface area (Å²) < 4.78 is 21.4. The number of hydrogen-bond donors (Lipinski definition) is 2. The van der Waals surface area contributed by atoms with E-state index in [1.165, 1.54) is 0 Å². The van der Waals surface area contributed by atoms with E-state index in [2.05, 4.69) is 5.32 Å². The van der Waals surface area contributed by atoms with Crippen molar-refractivity contribution in [1.29, 1.82) is 0 Å². The van der Waals surface area contributed by atoms with Gasteiger partial charge in [-0.2, -0.15) is 0 Å². The summed E-state index contributed by atoms with van der Waals surface area (Å²) in [5.41, 5.74) is 8.31. The second-order valence-corrected chi connectivity index (χ2v) is 8.11. The third kappa shape index (κ3) is 6.42. The molecule has 0 aliphatic heterocycles. The van der Waals surface area contributed by atoms with Crippen molar-refractivity contribution in [3.8, 4) is 23.0 Å². The van der Waals surface area contributed by atoms with Gasteiger partial charge in [0.1, 0.15) is 0 Å². The molecule has 0 bridgehead atoms. The maximum atomic E-state index is 13.5. The lowest BCUT2D eigenvalue weighted by Gasteiger charge is -2.27. The van der Waals surface area contributed by atoms with Crippen molar-refractivity contribution in [3.05, 3.63) is 58.7 Å². The highest BCUT2D eigenvalue weighted by atomic mass is 16.5. The van der Waals surface area contributed by atoms with Gasteiger partial charge < -0.3 is 30.0 Å². The molecule has 0 spiro atoms. The smallest absolute Gasteiger partial charge is 0.221 e. The minimum absolute atomic E-state index is 0.0705. The van der Waals surface area contributed by atoms with E-state index >= 15 is 0 Å². The number of methoxy groups -OCH3 is 4. The number of nitrogens with two attached hydrogens (primary N) is 1. The van der Waals surface area contributed by atoms with Gasteiger partial charge in [-0.15, -0.1) is 0 Å². The van der Waals surface area contributed by atoms with Crippen LogP contribution in [0.15, 0.2) is 47.5 Å². The lowest BCUT2D eigenvalue weighted by Crippen LogP contribution is -2.40. The van der Waals surface area contributed by atoms with Crippen molar-refractivity contribution in [2.75, 3.05) is 35.0 Å². The first kappa shape index (κ1) is 25.8. The first-order valence-corrected chi connectivity index (χ1v) is 11.3. The topological polar surface area (TPSA) is 109 Å². The van der Waals surface area contributed by atoms with E-state index in [0.29, 0.717) is 47.0 Å². The molecule has 3 rings (SSSR count). The van der Waals surface area contributed by atoms with Crippen LogP contribution in [0, 0.1) is 0 Å². The Morgan fingerprint density at radius 1 is 0.857 bits per heavy atom. The summed E-state index contributed by atoms with van der Waals surface area (Å²) in [5, 5.41) is 3.01. The molecule has 1 saturated carbocycles. The number of rotatable bonds is 9. The standard InChI is InChI=1S/C27H32N2O6/c1-32-22-7-5-17(13-24(22)34-3)11-19-15-21(29-26(30)9-10-28)16-20(27(19)31)12-18-6-8-23(33-2)25(14-18)35-4/h5-8,11-14,21H,9-10,15-16,28H2,1-4H3,(H,29,30)/b19-11+,20-12+. The first-order chi connectivity index (χ1) is 16.9. The van der Waals surface area contributed by atoms with E-state index in [-0.39, 0.29) is 30.7 Å². The maximum Gasteiger partial charge on any atom is 0.221 e. The fourth-order valence-corrected chi connectivity index (χ4v) is 4.06. The Morgan fingerprint density at radius 2 is 1.31 bits per heavy atom. The van der Waals surface area contributed by atoms with E-state index in [0.717, 1.165) is 11.1 Å². The molecule has 8 heteroatoms. The highest BCUT2D eigenvalue weighted by Gasteiger charge is 2.29. The Labute approximate surface area is 205 Å². The van der Waals surface area contributed by atoms with Crippen LogP contribution < -0.4 is 30.0 Å². The number of ether oxygens (including phenoxy) is 4. The van der Waals surface area contributed by atoms with Gasteiger partial charge in [0.2, 0.25) is 5.91 Å². The van der Waals surface area contributed by atoms with Crippen LogP contribution in [0.25, 0.3) is 12.2 Å². The van der Waals surface area contributed by atoms with Gasteiger partial charge in [0.15, 0.2) is 28.8 Å². The molecule has 1 aliphatic rings. The van der Waals surface area contributed by atoms with Crippen molar-refractivity contribution < 1.29 is 28.5 Å². The molecule has 2 aromatic rings. The molecular formula is C27H32N2O6. The lowest BCUT2D eigenvalue weighted by molar-refractivity contribution is -0.122. The summed E-state index contributed by atoms with van der Waals surface area (Å²) >= 11 is 0. The Hall–Kier alpha value is -3.78. The number of Topliss-reactive ketones (excluding diaryl/α,β-unsaturated/α-hetero) is 1. The SMILES string of the molecule is COc1ccc(/C=C2\CC(NC(=O)CCN)C/C(=C\c3ccc(OC)c(OC)c3)C2=O)cc1OC. The molecule has 0 atom stereocenters. The minimum Gasteiger partial charge on any atom is -0.493 e. The normalized spacial score (nSPS) is 17.9. The fraction of sp³-hybridized carbons (Fsp3) is 0.333. The molecule has 186 valence electrons. The van der Waals surface area contributed by atoms with Crippen LogP contribution in [0.3, 0.4) is 0 Å². The largest absolute Gasteiger partial charge is 0.493 e. The molecule has 1 fully saturated rings. The zero-order valence-electron chi connectivity index (χ0n) is 20.6. The van der Waals surface area contributed by atoms with Crippen LogP contribution in [0.5, 0.6) is 23.0 Å². The van der Waals surface area contributed by atoms with E-state index in [1.807, 2.05) is 36.4 Å². The van der Waals surface area contributed by atoms with Crippen molar-refractivity contribution in [1.82, 2.24) is 5.32 Å². The van der Waals surface area contributed by atoms with Gasteiger partial charge >= 0.3 is 0 Å². The van der Waals surface area contributed by atoms with Crippen LogP contribution in [-0.4, -0.2) is 52.7 Å². The van der Waals surface area contributed by atoms with E-state index in [1.54, 1.807) is 40.6 Å². The molecule has 0 aromatic heterocycles. The number of amides is 1. The van der Waals surface area contributed by atoms with Crippen LogP contribution in [0.4, 0.5) is 0 Å². The van der Waals surface area contributed by atoms with Gasteiger partial charge in [0.25, 0.3) is 0 Å². The second kappa shape index (κ2) is 12.1. The third-order valence-electron chi connectivity index (χ3n) is 5.75. The zero-order valence-corrected chi connectivity index (χ0v) is 20.6. The van der Waals surface area contributed by atoms with E-state index in [4.69, 9.17) is 24.7 Å². The van der Waals surface area contributed by atoms with Gasteiger partial charge in [-0.1, -0.05) is 12.1 Å². The average Bonchev–Trinajstić information content (AvgIpc) is 2.86. The van der Waals surface area contributed by atoms with Gasteiger partial charge in [-0.3, -0.25) is 9.59 Å². The molecule has 35 heavy (non-hydrogen) atoms. The fourth-order valence-electron chi connectivity index (χ4n) is 4.06. The van der Waals surface area contributed by atoms with Crippen molar-refractivity contribution in [2.24, 2.45) is 5.73 Å². The minimum atomic E-state index is -0.232. The van der Waals surface area contributed by atoms with Crippen LogP contribution in [-0.2, 0) is 9.59 Å². The summed E-state index contributed by atoms with van der Waals surface area (Å²) in [4.78, 5) is 25.7. The molecule has 0 unspecified atom stereocenters. The summed E-state index contributed by atoms with van der Waals surface area (Å²) in [6.07, 6.45) is 4.70. The molecular weight excluding hydrogens is 448 g/mol. The van der Waals surface area contributed by atoms with Crippen LogP contribution in [0.2, 0.25) is 0 Å². The number of carbonyl (C=O) groups excluding carboxylic acids is 2. The molecule has 2 aromatic carbocycles. The number of ketones is 1. The number of hydrogen-bond acceptors (Lipinski definition) is 7. The number of carbonyl (C=O) groups is 2.